The molecule has 1 rings (SSSR count). The fourth-order valence-corrected chi connectivity index (χ4v) is 2.35. The van der Waals surface area contributed by atoms with Gasteiger partial charge in [0.05, 0.1) is 0 Å². The first-order valence-corrected chi connectivity index (χ1v) is 8.35. The zero-order chi connectivity index (χ0) is 17.5. The third kappa shape index (κ3) is 6.78. The van der Waals surface area contributed by atoms with Gasteiger partial charge in [0.1, 0.15) is 5.60 Å². The van der Waals surface area contributed by atoms with E-state index in [1.807, 2.05) is 20.8 Å². The minimum atomic E-state index is -0.469. The van der Waals surface area contributed by atoms with Gasteiger partial charge in [0.25, 0.3) is 0 Å². The summed E-state index contributed by atoms with van der Waals surface area (Å²) in [5.41, 5.74) is 4.57. The minimum Gasteiger partial charge on any atom is -0.444 e. The Balaban J connectivity index is 2.65. The summed E-state index contributed by atoms with van der Waals surface area (Å²) in [6.45, 7) is 12.5. The molecular formula is C20H29NO2. The monoisotopic (exact) mass is 315 g/mol. The Morgan fingerprint density at radius 1 is 1.17 bits per heavy atom. The van der Waals surface area contributed by atoms with E-state index in [9.17, 15) is 4.79 Å². The number of amides is 1. The van der Waals surface area contributed by atoms with Gasteiger partial charge >= 0.3 is 6.09 Å². The van der Waals surface area contributed by atoms with Crippen molar-refractivity contribution in [3.05, 3.63) is 34.4 Å². The molecule has 0 unspecified atom stereocenters. The van der Waals surface area contributed by atoms with Gasteiger partial charge in [-0.1, -0.05) is 43.4 Å². The van der Waals surface area contributed by atoms with E-state index in [1.165, 1.54) is 16.7 Å². The first-order chi connectivity index (χ1) is 10.8. The summed E-state index contributed by atoms with van der Waals surface area (Å²) in [7, 11) is 0. The lowest BCUT2D eigenvalue weighted by Gasteiger charge is -2.19. The summed E-state index contributed by atoms with van der Waals surface area (Å²) >= 11 is 0. The number of alkyl carbamates (subject to hydrolysis) is 1. The zero-order valence-corrected chi connectivity index (χ0v) is 15.3. The second-order valence-corrected chi connectivity index (χ2v) is 6.65. The summed E-state index contributed by atoms with van der Waals surface area (Å²) in [4.78, 5) is 11.5. The Bertz CT molecular complexity index is 575. The number of carbonyl (C=O) groups excluding carboxylic acids is 1. The van der Waals surface area contributed by atoms with Gasteiger partial charge in [0, 0.05) is 18.5 Å². The van der Waals surface area contributed by atoms with Crippen LogP contribution in [0.5, 0.6) is 0 Å². The third-order valence-corrected chi connectivity index (χ3v) is 3.34. The van der Waals surface area contributed by atoms with Crippen LogP contribution in [-0.2, 0) is 17.6 Å². The Kier molecular flexibility index (Phi) is 7.16. The lowest BCUT2D eigenvalue weighted by atomic mass is 9.95. The molecule has 0 bridgehead atoms. The van der Waals surface area contributed by atoms with Crippen molar-refractivity contribution in [1.29, 1.82) is 0 Å². The summed E-state index contributed by atoms with van der Waals surface area (Å²) < 4.78 is 5.19. The number of benzene rings is 1. The third-order valence-electron chi connectivity index (χ3n) is 3.34. The molecule has 3 heteroatoms. The molecule has 1 amide bonds. The van der Waals surface area contributed by atoms with Gasteiger partial charge in [0.15, 0.2) is 0 Å². The molecule has 1 N–H and O–H groups in total. The van der Waals surface area contributed by atoms with Crippen molar-refractivity contribution < 1.29 is 9.53 Å². The molecule has 0 aliphatic rings. The predicted molar refractivity (Wildman–Crippen MR) is 95.7 cm³/mol. The molecule has 0 saturated carbocycles. The van der Waals surface area contributed by atoms with Crippen LogP contribution in [0.1, 0.15) is 63.3 Å². The number of nitrogens with one attached hydrogen (secondary N) is 1. The normalized spacial score (nSPS) is 10.7. The molecule has 0 heterocycles. The highest BCUT2D eigenvalue weighted by Crippen LogP contribution is 2.18. The van der Waals surface area contributed by atoms with Crippen molar-refractivity contribution >= 4 is 6.09 Å². The molecule has 1 aromatic rings. The maximum atomic E-state index is 11.5. The van der Waals surface area contributed by atoms with Gasteiger partial charge in [-0.15, -0.1) is 0 Å². The molecule has 0 spiro atoms. The number of rotatable bonds is 4. The highest BCUT2D eigenvalue weighted by atomic mass is 16.6. The molecule has 0 fully saturated rings. The minimum absolute atomic E-state index is 0.391. The maximum Gasteiger partial charge on any atom is 0.407 e. The molecular weight excluding hydrogens is 286 g/mol. The summed E-state index contributed by atoms with van der Waals surface area (Å²) in [5.74, 6) is 6.46. The molecule has 23 heavy (non-hydrogen) atoms. The van der Waals surface area contributed by atoms with E-state index in [-0.39, 0.29) is 0 Å². The molecule has 126 valence electrons. The van der Waals surface area contributed by atoms with Crippen molar-refractivity contribution in [2.75, 3.05) is 6.54 Å². The molecule has 0 atom stereocenters. The lowest BCUT2D eigenvalue weighted by molar-refractivity contribution is 0.0529. The van der Waals surface area contributed by atoms with Gasteiger partial charge in [-0.05, 0) is 51.7 Å². The number of carbonyl (C=O) groups is 1. The second kappa shape index (κ2) is 8.62. The van der Waals surface area contributed by atoms with Crippen LogP contribution in [-0.4, -0.2) is 18.2 Å². The molecule has 0 aromatic heterocycles. The molecule has 0 aliphatic heterocycles. The predicted octanol–water partition coefficient (Wildman–Crippen LogP) is 4.39. The van der Waals surface area contributed by atoms with Crippen molar-refractivity contribution in [3.63, 3.8) is 0 Å². The fraction of sp³-hybridized carbons (Fsp3) is 0.550. The number of hydrogen-bond acceptors (Lipinski definition) is 2. The lowest BCUT2D eigenvalue weighted by Crippen LogP contribution is -2.32. The quantitative estimate of drug-likeness (QED) is 0.661. The van der Waals surface area contributed by atoms with Crippen LogP contribution in [0.25, 0.3) is 0 Å². The van der Waals surface area contributed by atoms with Crippen LogP contribution >= 0.6 is 0 Å². The van der Waals surface area contributed by atoms with Gasteiger partial charge < -0.3 is 10.1 Å². The average Bonchev–Trinajstić information content (AvgIpc) is 2.45. The average molecular weight is 315 g/mol. The molecule has 1 aromatic carbocycles. The number of hydrogen-bond donors (Lipinski definition) is 1. The summed E-state index contributed by atoms with van der Waals surface area (Å²) in [5, 5.41) is 2.73. The highest BCUT2D eigenvalue weighted by Gasteiger charge is 2.15. The Hall–Kier alpha value is -1.95. The molecule has 0 saturated heterocycles. The largest absolute Gasteiger partial charge is 0.444 e. The first-order valence-electron chi connectivity index (χ1n) is 8.35. The van der Waals surface area contributed by atoms with Crippen molar-refractivity contribution in [2.24, 2.45) is 0 Å². The van der Waals surface area contributed by atoms with E-state index in [1.54, 1.807) is 0 Å². The standard InChI is InChI=1S/C20H29NO2/c1-7-16-13-15(3)14-17(8-2)18(16)11-9-10-12-21-19(22)23-20(4,5)6/h13-14H,7-8,10,12H2,1-6H3,(H,21,22). The van der Waals surface area contributed by atoms with E-state index < -0.39 is 11.7 Å². The fourth-order valence-electron chi connectivity index (χ4n) is 2.35. The van der Waals surface area contributed by atoms with E-state index in [2.05, 4.69) is 50.1 Å². The SMILES string of the molecule is CCc1cc(C)cc(CC)c1C#CCCNC(=O)OC(C)(C)C. The van der Waals surface area contributed by atoms with Gasteiger partial charge in [-0.3, -0.25) is 0 Å². The van der Waals surface area contributed by atoms with Crippen LogP contribution in [0.15, 0.2) is 12.1 Å². The van der Waals surface area contributed by atoms with E-state index >= 15 is 0 Å². The van der Waals surface area contributed by atoms with Crippen molar-refractivity contribution in [3.8, 4) is 11.8 Å². The van der Waals surface area contributed by atoms with Crippen LogP contribution in [0.2, 0.25) is 0 Å². The van der Waals surface area contributed by atoms with E-state index in [4.69, 9.17) is 4.74 Å². The first kappa shape index (κ1) is 19.1. The van der Waals surface area contributed by atoms with Gasteiger partial charge in [-0.2, -0.15) is 0 Å². The number of aryl methyl sites for hydroxylation is 3. The maximum absolute atomic E-state index is 11.5. The van der Waals surface area contributed by atoms with Crippen molar-refractivity contribution in [1.82, 2.24) is 5.32 Å². The van der Waals surface area contributed by atoms with Gasteiger partial charge in [-0.25, -0.2) is 4.79 Å². The molecule has 0 radical (unpaired) electrons. The summed E-state index contributed by atoms with van der Waals surface area (Å²) in [6.07, 6.45) is 2.18. The zero-order valence-electron chi connectivity index (χ0n) is 15.3. The Morgan fingerprint density at radius 2 is 1.74 bits per heavy atom. The van der Waals surface area contributed by atoms with E-state index in [0.717, 1.165) is 18.4 Å². The second-order valence-electron chi connectivity index (χ2n) is 6.65. The summed E-state index contributed by atoms with van der Waals surface area (Å²) in [6, 6.07) is 4.42. The smallest absolute Gasteiger partial charge is 0.407 e. The Morgan fingerprint density at radius 3 is 2.22 bits per heavy atom. The number of ether oxygens (including phenoxy) is 1. The van der Waals surface area contributed by atoms with Crippen LogP contribution in [0, 0.1) is 18.8 Å². The Labute approximate surface area is 140 Å². The van der Waals surface area contributed by atoms with Gasteiger partial charge in [0.2, 0.25) is 0 Å². The van der Waals surface area contributed by atoms with Crippen molar-refractivity contribution in [2.45, 2.75) is 66.4 Å². The topological polar surface area (TPSA) is 38.3 Å². The van der Waals surface area contributed by atoms with Crippen LogP contribution in [0.3, 0.4) is 0 Å². The van der Waals surface area contributed by atoms with E-state index in [0.29, 0.717) is 13.0 Å². The van der Waals surface area contributed by atoms with Crippen LogP contribution < -0.4 is 5.32 Å². The van der Waals surface area contributed by atoms with Crippen LogP contribution in [0.4, 0.5) is 4.79 Å². The molecule has 3 nitrogen and oxygen atoms in total. The molecule has 0 aliphatic carbocycles. The highest BCUT2D eigenvalue weighted by molar-refractivity contribution is 5.67.